The van der Waals surface area contributed by atoms with Crippen LogP contribution in [0.3, 0.4) is 0 Å². The molecule has 0 radical (unpaired) electrons. The molecule has 0 spiro atoms. The van der Waals surface area contributed by atoms with Gasteiger partial charge in [-0.2, -0.15) is 5.10 Å². The summed E-state index contributed by atoms with van der Waals surface area (Å²) >= 11 is 1.66. The third kappa shape index (κ3) is 3.78. The number of fused-ring (bicyclic) bond motifs is 1. The minimum atomic E-state index is -0.164. The number of thiophene rings is 1. The van der Waals surface area contributed by atoms with Crippen molar-refractivity contribution in [1.29, 1.82) is 0 Å². The number of nitrogens with one attached hydrogen (secondary N) is 1. The van der Waals surface area contributed by atoms with Crippen LogP contribution in [0.4, 0.5) is 0 Å². The maximum atomic E-state index is 13.5. The fourth-order valence-electron chi connectivity index (χ4n) is 4.39. The lowest BCUT2D eigenvalue weighted by molar-refractivity contribution is 0.0748. The number of ether oxygens (including phenoxy) is 2. The molecular weight excluding hydrogens is 434 g/mol. The van der Waals surface area contributed by atoms with Gasteiger partial charge >= 0.3 is 0 Å². The number of aromatic amines is 1. The fourth-order valence-corrected chi connectivity index (χ4v) is 5.23. The van der Waals surface area contributed by atoms with Crippen LogP contribution in [0.25, 0.3) is 11.3 Å². The lowest BCUT2D eigenvalue weighted by Crippen LogP contribution is -2.31. The van der Waals surface area contributed by atoms with Gasteiger partial charge in [0.25, 0.3) is 5.91 Å². The number of H-pyrrole nitrogens is 1. The summed E-state index contributed by atoms with van der Waals surface area (Å²) in [6.07, 6.45) is 0.700. The highest BCUT2D eigenvalue weighted by Gasteiger charge is 2.42. The van der Waals surface area contributed by atoms with Gasteiger partial charge in [0.2, 0.25) is 0 Å². The number of rotatable bonds is 7. The van der Waals surface area contributed by atoms with E-state index in [9.17, 15) is 4.79 Å². The standard InChI is InChI=1S/C26H25N3O3S/c1-16-6-9-18(10-7-16)23-22-24(28-27-23)26(30)29(25(22)21-5-4-14-33-21)13-12-17-8-11-19(31-2)20(15-17)32-3/h4-11,14-15,25H,12-13H2,1-3H3,(H,27,28). The highest BCUT2D eigenvalue weighted by Crippen LogP contribution is 2.44. The number of methoxy groups -OCH3 is 2. The Hall–Kier alpha value is -3.58. The number of nitrogens with zero attached hydrogens (tertiary/aromatic N) is 2. The Labute approximate surface area is 196 Å². The molecule has 2 aromatic heterocycles. The summed E-state index contributed by atoms with van der Waals surface area (Å²) in [5, 5.41) is 9.63. The fraction of sp³-hybridized carbons (Fsp3) is 0.231. The highest BCUT2D eigenvalue weighted by molar-refractivity contribution is 7.10. The van der Waals surface area contributed by atoms with E-state index < -0.39 is 0 Å². The number of carbonyl (C=O) groups is 1. The molecule has 1 N–H and O–H groups in total. The Morgan fingerprint density at radius 3 is 2.55 bits per heavy atom. The molecule has 5 rings (SSSR count). The van der Waals surface area contributed by atoms with E-state index in [-0.39, 0.29) is 11.9 Å². The number of benzene rings is 2. The Kier molecular flexibility index (Phi) is 5.64. The minimum Gasteiger partial charge on any atom is -0.493 e. The van der Waals surface area contributed by atoms with E-state index in [1.165, 1.54) is 5.56 Å². The molecule has 168 valence electrons. The van der Waals surface area contributed by atoms with Crippen LogP contribution >= 0.6 is 11.3 Å². The van der Waals surface area contributed by atoms with Crippen LogP contribution in [-0.2, 0) is 6.42 Å². The molecule has 1 aliphatic heterocycles. The number of aryl methyl sites for hydroxylation is 1. The summed E-state index contributed by atoms with van der Waals surface area (Å²) < 4.78 is 10.8. The second kappa shape index (κ2) is 8.75. The second-order valence-corrected chi connectivity index (χ2v) is 9.06. The summed E-state index contributed by atoms with van der Waals surface area (Å²) in [4.78, 5) is 16.5. The van der Waals surface area contributed by atoms with Crippen molar-refractivity contribution in [2.75, 3.05) is 20.8 Å². The van der Waals surface area contributed by atoms with Crippen molar-refractivity contribution in [2.45, 2.75) is 19.4 Å². The third-order valence-corrected chi connectivity index (χ3v) is 7.02. The molecule has 0 saturated heterocycles. The molecule has 1 amide bonds. The van der Waals surface area contributed by atoms with E-state index in [1.54, 1.807) is 25.6 Å². The van der Waals surface area contributed by atoms with Gasteiger partial charge in [-0.15, -0.1) is 11.3 Å². The quantitative estimate of drug-likeness (QED) is 0.410. The lowest BCUT2D eigenvalue weighted by atomic mass is 10.00. The van der Waals surface area contributed by atoms with Gasteiger partial charge in [0.05, 0.1) is 26.0 Å². The Balaban J connectivity index is 1.49. The SMILES string of the molecule is COc1ccc(CCN2C(=O)c3[nH]nc(-c4ccc(C)cc4)c3C2c2cccs2)cc1OC. The first-order valence-electron chi connectivity index (χ1n) is 10.8. The van der Waals surface area contributed by atoms with Crippen LogP contribution in [-0.4, -0.2) is 41.8 Å². The zero-order valence-electron chi connectivity index (χ0n) is 18.8. The predicted molar refractivity (Wildman–Crippen MR) is 129 cm³/mol. The summed E-state index contributed by atoms with van der Waals surface area (Å²) in [6, 6.07) is 18.1. The molecule has 0 bridgehead atoms. The molecule has 2 aromatic carbocycles. The Morgan fingerprint density at radius 2 is 1.85 bits per heavy atom. The van der Waals surface area contributed by atoms with Gasteiger partial charge in [0.15, 0.2) is 11.5 Å². The van der Waals surface area contributed by atoms with Gasteiger partial charge in [-0.25, -0.2) is 0 Å². The molecular formula is C26H25N3O3S. The average Bonchev–Trinajstić information content (AvgIpc) is 3.57. The van der Waals surface area contributed by atoms with Crippen molar-refractivity contribution in [3.63, 3.8) is 0 Å². The normalized spacial score (nSPS) is 15.1. The zero-order chi connectivity index (χ0) is 22.9. The molecule has 1 aliphatic rings. The van der Waals surface area contributed by atoms with Crippen LogP contribution in [0.5, 0.6) is 11.5 Å². The van der Waals surface area contributed by atoms with E-state index in [0.29, 0.717) is 30.2 Å². The largest absolute Gasteiger partial charge is 0.493 e. The number of carbonyl (C=O) groups excluding carboxylic acids is 1. The van der Waals surface area contributed by atoms with Crippen molar-refractivity contribution in [2.24, 2.45) is 0 Å². The van der Waals surface area contributed by atoms with Gasteiger partial charge in [-0.3, -0.25) is 9.89 Å². The first kappa shape index (κ1) is 21.3. The van der Waals surface area contributed by atoms with Crippen LogP contribution in [0.15, 0.2) is 60.0 Å². The molecule has 33 heavy (non-hydrogen) atoms. The van der Waals surface area contributed by atoms with Crippen LogP contribution < -0.4 is 9.47 Å². The lowest BCUT2D eigenvalue weighted by Gasteiger charge is -2.25. The first-order valence-corrected chi connectivity index (χ1v) is 11.7. The molecule has 0 aliphatic carbocycles. The van der Waals surface area contributed by atoms with E-state index >= 15 is 0 Å². The number of aromatic nitrogens is 2. The van der Waals surface area contributed by atoms with Gasteiger partial charge in [-0.1, -0.05) is 42.0 Å². The summed E-state index contributed by atoms with van der Waals surface area (Å²) in [5.74, 6) is 1.36. The first-order chi connectivity index (χ1) is 16.1. The predicted octanol–water partition coefficient (Wildman–Crippen LogP) is 5.25. The molecule has 0 saturated carbocycles. The zero-order valence-corrected chi connectivity index (χ0v) is 19.6. The number of hydrogen-bond donors (Lipinski definition) is 1. The van der Waals surface area contributed by atoms with Gasteiger partial charge < -0.3 is 14.4 Å². The second-order valence-electron chi connectivity index (χ2n) is 8.08. The van der Waals surface area contributed by atoms with E-state index in [2.05, 4.69) is 52.8 Å². The van der Waals surface area contributed by atoms with Gasteiger partial charge in [0, 0.05) is 22.5 Å². The Morgan fingerprint density at radius 1 is 1.06 bits per heavy atom. The smallest absolute Gasteiger partial charge is 0.273 e. The molecule has 1 unspecified atom stereocenters. The monoisotopic (exact) mass is 459 g/mol. The van der Waals surface area contributed by atoms with E-state index in [1.807, 2.05) is 29.2 Å². The van der Waals surface area contributed by atoms with Crippen LogP contribution in [0.2, 0.25) is 0 Å². The van der Waals surface area contributed by atoms with Crippen LogP contribution in [0, 0.1) is 6.92 Å². The third-order valence-electron chi connectivity index (χ3n) is 6.09. The van der Waals surface area contributed by atoms with E-state index in [4.69, 9.17) is 9.47 Å². The van der Waals surface area contributed by atoms with Crippen LogP contribution in [0.1, 0.15) is 38.1 Å². The van der Waals surface area contributed by atoms with Gasteiger partial charge in [-0.05, 0) is 42.5 Å². The summed E-state index contributed by atoms with van der Waals surface area (Å²) in [5.41, 5.74) is 5.65. The minimum absolute atomic E-state index is 0.0188. The molecule has 1 atom stereocenters. The molecule has 4 aromatic rings. The Bertz CT molecular complexity index is 1280. The maximum Gasteiger partial charge on any atom is 0.273 e. The van der Waals surface area contributed by atoms with E-state index in [0.717, 1.165) is 27.3 Å². The van der Waals surface area contributed by atoms with Crippen molar-refractivity contribution >= 4 is 17.2 Å². The van der Waals surface area contributed by atoms with Crippen molar-refractivity contribution in [3.8, 4) is 22.8 Å². The van der Waals surface area contributed by atoms with Crippen molar-refractivity contribution in [3.05, 3.63) is 87.2 Å². The summed E-state index contributed by atoms with van der Waals surface area (Å²) in [6.45, 7) is 2.64. The topological polar surface area (TPSA) is 67.5 Å². The summed E-state index contributed by atoms with van der Waals surface area (Å²) in [7, 11) is 3.25. The average molecular weight is 460 g/mol. The maximum absolute atomic E-state index is 13.5. The highest BCUT2D eigenvalue weighted by atomic mass is 32.1. The number of hydrogen-bond acceptors (Lipinski definition) is 5. The molecule has 6 nitrogen and oxygen atoms in total. The molecule has 7 heteroatoms. The van der Waals surface area contributed by atoms with Gasteiger partial charge in [0.1, 0.15) is 5.69 Å². The molecule has 3 heterocycles. The molecule has 0 fully saturated rings. The van der Waals surface area contributed by atoms with Crippen molar-refractivity contribution in [1.82, 2.24) is 15.1 Å². The number of amides is 1. The van der Waals surface area contributed by atoms with Crippen molar-refractivity contribution < 1.29 is 14.3 Å².